The minimum absolute atomic E-state index is 0.823. The summed E-state index contributed by atoms with van der Waals surface area (Å²) >= 11 is 0. The number of nitrogens with two attached hydrogens (primary N) is 1. The lowest BCUT2D eigenvalue weighted by Crippen LogP contribution is -2.32. The van der Waals surface area contributed by atoms with Crippen molar-refractivity contribution in [1.82, 2.24) is 0 Å². The van der Waals surface area contributed by atoms with E-state index in [1.165, 1.54) is 0 Å². The summed E-state index contributed by atoms with van der Waals surface area (Å²) in [7, 11) is 0. The van der Waals surface area contributed by atoms with Gasteiger partial charge in [-0.2, -0.15) is 0 Å². The number of carbonyl (C=O) groups excluding carboxylic acids is 1. The summed E-state index contributed by atoms with van der Waals surface area (Å²) in [6.45, 7) is -0.834. The lowest BCUT2D eigenvalue weighted by Gasteiger charge is -1.95. The molecular formula is C3H5N3O4. The van der Waals surface area contributed by atoms with Crippen LogP contribution in [-0.4, -0.2) is 23.4 Å². The van der Waals surface area contributed by atoms with Crippen LogP contribution in [0.4, 0.5) is 0 Å². The van der Waals surface area contributed by atoms with Crippen molar-refractivity contribution >= 4 is 5.91 Å². The van der Waals surface area contributed by atoms with Gasteiger partial charge in [0.25, 0.3) is 5.91 Å². The van der Waals surface area contributed by atoms with Gasteiger partial charge in [-0.3, -0.25) is 14.9 Å². The lowest BCUT2D eigenvalue weighted by atomic mass is 10.3. The largest absolute Gasteiger partial charge is 0.367 e. The first-order valence-corrected chi connectivity index (χ1v) is 2.31. The molecule has 1 atom stereocenters. The van der Waals surface area contributed by atoms with Gasteiger partial charge >= 0.3 is 0 Å². The summed E-state index contributed by atoms with van der Waals surface area (Å²) in [5, 5.41) is 11.8. The van der Waals surface area contributed by atoms with E-state index in [4.69, 9.17) is 0 Å². The molecule has 0 aliphatic heterocycles. The van der Waals surface area contributed by atoms with Gasteiger partial charge in [0.15, 0.2) is 0 Å². The fraction of sp³-hybridized carbons (Fsp3) is 0.667. The number of nitroso groups, excluding NO2 is 1. The van der Waals surface area contributed by atoms with Crippen molar-refractivity contribution in [1.29, 1.82) is 0 Å². The van der Waals surface area contributed by atoms with E-state index in [9.17, 15) is 19.8 Å². The van der Waals surface area contributed by atoms with Gasteiger partial charge in [0.2, 0.25) is 12.6 Å². The zero-order chi connectivity index (χ0) is 8.15. The van der Waals surface area contributed by atoms with Crippen molar-refractivity contribution in [3.8, 4) is 0 Å². The number of primary amides is 1. The lowest BCUT2D eigenvalue weighted by molar-refractivity contribution is -0.480. The molecule has 56 valence electrons. The first kappa shape index (κ1) is 8.47. The van der Waals surface area contributed by atoms with Crippen molar-refractivity contribution in [2.75, 3.05) is 6.54 Å². The Kier molecular flexibility index (Phi) is 2.95. The smallest absolute Gasteiger partial charge is 0.252 e. The average molecular weight is 147 g/mol. The SMILES string of the molecule is NC(=O)C(C[N+](=O)[O-])N=O. The molecule has 0 heterocycles. The van der Waals surface area contributed by atoms with E-state index in [1.807, 2.05) is 0 Å². The quantitative estimate of drug-likeness (QED) is 0.308. The molecule has 0 aromatic heterocycles. The van der Waals surface area contributed by atoms with Gasteiger partial charge in [-0.25, -0.2) is 0 Å². The van der Waals surface area contributed by atoms with Crippen LogP contribution in [0.15, 0.2) is 5.18 Å². The summed E-state index contributed by atoms with van der Waals surface area (Å²) in [5.41, 5.74) is 4.56. The van der Waals surface area contributed by atoms with E-state index in [1.54, 1.807) is 0 Å². The molecule has 7 nitrogen and oxygen atoms in total. The normalized spacial score (nSPS) is 12.0. The minimum atomic E-state index is -1.55. The van der Waals surface area contributed by atoms with E-state index in [0.717, 1.165) is 0 Å². The second kappa shape index (κ2) is 3.49. The van der Waals surface area contributed by atoms with Crippen LogP contribution in [-0.2, 0) is 4.79 Å². The van der Waals surface area contributed by atoms with Gasteiger partial charge in [0, 0.05) is 4.92 Å². The Bertz CT molecular complexity index is 167. The van der Waals surface area contributed by atoms with Gasteiger partial charge in [0.05, 0.1) is 0 Å². The molecule has 0 aliphatic rings. The maximum absolute atomic E-state index is 10.1. The van der Waals surface area contributed by atoms with Crippen LogP contribution < -0.4 is 5.73 Å². The molecule has 7 heteroatoms. The number of amides is 1. The number of hydrogen-bond donors (Lipinski definition) is 1. The number of rotatable bonds is 4. The second-order valence-electron chi connectivity index (χ2n) is 1.54. The highest BCUT2D eigenvalue weighted by atomic mass is 16.6. The summed E-state index contributed by atoms with van der Waals surface area (Å²) in [6.07, 6.45) is 0. The van der Waals surface area contributed by atoms with E-state index in [-0.39, 0.29) is 0 Å². The summed E-state index contributed by atoms with van der Waals surface area (Å²) in [4.78, 5) is 28.6. The zero-order valence-corrected chi connectivity index (χ0v) is 4.89. The van der Waals surface area contributed by atoms with Crippen molar-refractivity contribution in [3.63, 3.8) is 0 Å². The maximum Gasteiger partial charge on any atom is 0.252 e. The summed E-state index contributed by atoms with van der Waals surface area (Å²) in [6, 6.07) is -1.55. The molecule has 0 rings (SSSR count). The second-order valence-corrected chi connectivity index (χ2v) is 1.54. The molecule has 0 aliphatic carbocycles. The highest BCUT2D eigenvalue weighted by molar-refractivity contribution is 5.80. The van der Waals surface area contributed by atoms with Crippen LogP contribution in [0, 0.1) is 15.0 Å². The molecule has 0 fully saturated rings. The topological polar surface area (TPSA) is 116 Å². The van der Waals surface area contributed by atoms with Gasteiger partial charge < -0.3 is 5.73 Å². The van der Waals surface area contributed by atoms with Crippen molar-refractivity contribution < 1.29 is 9.72 Å². The molecule has 0 bridgehead atoms. The van der Waals surface area contributed by atoms with Crippen LogP contribution in [0.2, 0.25) is 0 Å². The van der Waals surface area contributed by atoms with E-state index >= 15 is 0 Å². The highest BCUT2D eigenvalue weighted by Crippen LogP contribution is 1.88. The van der Waals surface area contributed by atoms with Gasteiger partial charge in [-0.15, -0.1) is 4.91 Å². The molecule has 0 saturated carbocycles. The Morgan fingerprint density at radius 3 is 2.40 bits per heavy atom. The predicted octanol–water partition coefficient (Wildman–Crippen LogP) is -1.12. The average Bonchev–Trinajstić information content (AvgIpc) is 1.81. The van der Waals surface area contributed by atoms with Crippen molar-refractivity contribution in [3.05, 3.63) is 15.0 Å². The molecule has 0 aromatic carbocycles. The third-order valence-electron chi connectivity index (χ3n) is 0.778. The molecule has 0 spiro atoms. The van der Waals surface area contributed by atoms with E-state index < -0.39 is 23.4 Å². The Labute approximate surface area is 55.3 Å². The number of nitrogens with zero attached hydrogens (tertiary/aromatic N) is 2. The van der Waals surface area contributed by atoms with E-state index in [2.05, 4.69) is 10.9 Å². The minimum Gasteiger partial charge on any atom is -0.367 e. The molecule has 0 saturated heterocycles. The Morgan fingerprint density at radius 2 is 2.30 bits per heavy atom. The Hall–Kier alpha value is -1.53. The fourth-order valence-electron chi connectivity index (χ4n) is 0.316. The summed E-state index contributed by atoms with van der Waals surface area (Å²) in [5.74, 6) is -1.08. The molecule has 0 radical (unpaired) electrons. The standard InChI is InChI=1S/C3H5N3O4/c4-3(7)2(5-8)1-6(9)10/h2H,1H2,(H2,4,7). The predicted molar refractivity (Wildman–Crippen MR) is 30.6 cm³/mol. The fourth-order valence-corrected chi connectivity index (χ4v) is 0.316. The third kappa shape index (κ3) is 2.70. The van der Waals surface area contributed by atoms with E-state index in [0.29, 0.717) is 0 Å². The maximum atomic E-state index is 10.1. The first-order chi connectivity index (χ1) is 4.57. The van der Waals surface area contributed by atoms with Crippen LogP contribution in [0.3, 0.4) is 0 Å². The zero-order valence-electron chi connectivity index (χ0n) is 4.89. The van der Waals surface area contributed by atoms with Crippen molar-refractivity contribution in [2.24, 2.45) is 10.9 Å². The molecule has 10 heavy (non-hydrogen) atoms. The number of hydrogen-bond acceptors (Lipinski definition) is 5. The number of carbonyl (C=O) groups is 1. The van der Waals surface area contributed by atoms with Gasteiger partial charge in [-0.05, 0) is 5.18 Å². The Morgan fingerprint density at radius 1 is 1.80 bits per heavy atom. The molecule has 1 amide bonds. The molecule has 2 N–H and O–H groups in total. The van der Waals surface area contributed by atoms with Crippen LogP contribution in [0.1, 0.15) is 0 Å². The van der Waals surface area contributed by atoms with Crippen LogP contribution in [0.5, 0.6) is 0 Å². The van der Waals surface area contributed by atoms with Crippen LogP contribution >= 0.6 is 0 Å². The van der Waals surface area contributed by atoms with Gasteiger partial charge in [0.1, 0.15) is 0 Å². The van der Waals surface area contributed by atoms with Gasteiger partial charge in [-0.1, -0.05) is 0 Å². The Balaban J connectivity index is 3.96. The number of nitro groups is 1. The third-order valence-corrected chi connectivity index (χ3v) is 0.778. The molecular weight excluding hydrogens is 142 g/mol. The monoisotopic (exact) mass is 147 g/mol. The first-order valence-electron chi connectivity index (χ1n) is 2.31. The highest BCUT2D eigenvalue weighted by Gasteiger charge is 2.21. The molecule has 0 aromatic rings. The van der Waals surface area contributed by atoms with Crippen molar-refractivity contribution in [2.45, 2.75) is 6.04 Å². The summed E-state index contributed by atoms with van der Waals surface area (Å²) < 4.78 is 0. The van der Waals surface area contributed by atoms with Crippen LogP contribution in [0.25, 0.3) is 0 Å². The molecule has 1 unspecified atom stereocenters.